The first-order valence-electron chi connectivity index (χ1n) is 6.20. The van der Waals surface area contributed by atoms with Gasteiger partial charge in [-0.1, -0.05) is 15.9 Å². The Morgan fingerprint density at radius 2 is 2.30 bits per heavy atom. The monoisotopic (exact) mass is 351 g/mol. The van der Waals surface area contributed by atoms with E-state index < -0.39 is 0 Å². The lowest BCUT2D eigenvalue weighted by molar-refractivity contribution is 0.297. The van der Waals surface area contributed by atoms with Crippen molar-refractivity contribution >= 4 is 32.2 Å². The molecule has 0 bridgehead atoms. The molecule has 2 N–H and O–H groups in total. The fourth-order valence-corrected chi connectivity index (χ4v) is 3.49. The van der Waals surface area contributed by atoms with Gasteiger partial charge < -0.3 is 10.5 Å². The quantitative estimate of drug-likeness (QED) is 0.782. The first kappa shape index (κ1) is 13.6. The molecule has 0 amide bonds. The van der Waals surface area contributed by atoms with E-state index >= 15 is 0 Å². The van der Waals surface area contributed by atoms with Crippen LogP contribution in [-0.4, -0.2) is 9.38 Å². The minimum Gasteiger partial charge on any atom is -0.487 e. The summed E-state index contributed by atoms with van der Waals surface area (Å²) in [7, 11) is 0. The van der Waals surface area contributed by atoms with Crippen molar-refractivity contribution < 1.29 is 4.74 Å². The van der Waals surface area contributed by atoms with Crippen LogP contribution in [0.1, 0.15) is 16.8 Å². The van der Waals surface area contributed by atoms with Gasteiger partial charge in [-0.05, 0) is 24.6 Å². The van der Waals surface area contributed by atoms with Crippen molar-refractivity contribution in [3.63, 3.8) is 0 Å². The molecule has 3 rings (SSSR count). The summed E-state index contributed by atoms with van der Waals surface area (Å²) in [5, 5.41) is 2.01. The standard InChI is InChI=1S/C14H14BrN3OS/c1-9-4-11(15)5-10(6-16)13(9)19-8-12-7-18-2-3-20-14(18)17-12/h2-5,7H,6,8,16H2,1H3. The highest BCUT2D eigenvalue weighted by molar-refractivity contribution is 9.10. The maximum Gasteiger partial charge on any atom is 0.193 e. The van der Waals surface area contributed by atoms with Gasteiger partial charge in [0.1, 0.15) is 12.4 Å². The van der Waals surface area contributed by atoms with Crippen LogP contribution in [0.5, 0.6) is 5.75 Å². The van der Waals surface area contributed by atoms with E-state index in [0.29, 0.717) is 13.2 Å². The molecule has 0 aliphatic rings. The van der Waals surface area contributed by atoms with Crippen LogP contribution in [0.25, 0.3) is 4.96 Å². The van der Waals surface area contributed by atoms with E-state index in [1.54, 1.807) is 11.3 Å². The topological polar surface area (TPSA) is 52.5 Å². The average Bonchev–Trinajstić information content (AvgIpc) is 2.97. The van der Waals surface area contributed by atoms with Gasteiger partial charge in [-0.25, -0.2) is 4.98 Å². The lowest BCUT2D eigenvalue weighted by Crippen LogP contribution is -2.04. The SMILES string of the molecule is Cc1cc(Br)cc(CN)c1OCc1cn2ccsc2n1. The van der Waals surface area contributed by atoms with Gasteiger partial charge in [-0.15, -0.1) is 11.3 Å². The third-order valence-corrected chi connectivity index (χ3v) is 4.27. The summed E-state index contributed by atoms with van der Waals surface area (Å²) in [5.41, 5.74) is 8.77. The van der Waals surface area contributed by atoms with Crippen molar-refractivity contribution in [1.82, 2.24) is 9.38 Å². The van der Waals surface area contributed by atoms with Crippen molar-refractivity contribution in [2.75, 3.05) is 0 Å². The lowest BCUT2D eigenvalue weighted by atomic mass is 10.1. The fourth-order valence-electron chi connectivity index (χ4n) is 2.15. The van der Waals surface area contributed by atoms with Crippen molar-refractivity contribution in [2.45, 2.75) is 20.1 Å². The molecule has 0 saturated carbocycles. The van der Waals surface area contributed by atoms with E-state index in [0.717, 1.165) is 32.0 Å². The van der Waals surface area contributed by atoms with E-state index in [9.17, 15) is 0 Å². The van der Waals surface area contributed by atoms with E-state index in [-0.39, 0.29) is 0 Å². The number of hydrogen-bond acceptors (Lipinski definition) is 4. The smallest absolute Gasteiger partial charge is 0.193 e. The van der Waals surface area contributed by atoms with Gasteiger partial charge in [-0.3, -0.25) is 4.40 Å². The summed E-state index contributed by atoms with van der Waals surface area (Å²) >= 11 is 5.09. The number of benzene rings is 1. The van der Waals surface area contributed by atoms with E-state index in [1.807, 2.05) is 41.2 Å². The molecular formula is C14H14BrN3OS. The maximum absolute atomic E-state index is 5.93. The van der Waals surface area contributed by atoms with E-state index in [2.05, 4.69) is 20.9 Å². The number of thiazole rings is 1. The van der Waals surface area contributed by atoms with Gasteiger partial charge in [0.15, 0.2) is 4.96 Å². The highest BCUT2D eigenvalue weighted by Gasteiger charge is 2.10. The Kier molecular flexibility index (Phi) is 3.78. The van der Waals surface area contributed by atoms with Crippen LogP contribution >= 0.6 is 27.3 Å². The van der Waals surface area contributed by atoms with Gasteiger partial charge in [0, 0.05) is 34.4 Å². The second kappa shape index (κ2) is 5.55. The summed E-state index contributed by atoms with van der Waals surface area (Å²) in [4.78, 5) is 5.49. The van der Waals surface area contributed by atoms with Crippen molar-refractivity contribution in [2.24, 2.45) is 5.73 Å². The molecule has 0 aliphatic heterocycles. The van der Waals surface area contributed by atoms with Crippen LogP contribution in [0.15, 0.2) is 34.4 Å². The molecule has 0 aliphatic carbocycles. The summed E-state index contributed by atoms with van der Waals surface area (Å²) in [5.74, 6) is 0.854. The fraction of sp³-hybridized carbons (Fsp3) is 0.214. The molecule has 4 nitrogen and oxygen atoms in total. The molecule has 104 valence electrons. The zero-order chi connectivity index (χ0) is 14.1. The number of halogens is 1. The molecule has 3 aromatic rings. The van der Waals surface area contributed by atoms with Crippen LogP contribution in [0.3, 0.4) is 0 Å². The Labute approximate surface area is 129 Å². The highest BCUT2D eigenvalue weighted by Crippen LogP contribution is 2.28. The molecule has 1 aromatic carbocycles. The lowest BCUT2D eigenvalue weighted by Gasteiger charge is -2.13. The predicted molar refractivity (Wildman–Crippen MR) is 84.2 cm³/mol. The first-order valence-corrected chi connectivity index (χ1v) is 7.87. The molecule has 0 unspecified atom stereocenters. The van der Waals surface area contributed by atoms with Gasteiger partial charge in [0.05, 0.1) is 5.69 Å². The zero-order valence-electron chi connectivity index (χ0n) is 11.0. The Morgan fingerprint density at radius 3 is 3.05 bits per heavy atom. The Morgan fingerprint density at radius 1 is 1.45 bits per heavy atom. The van der Waals surface area contributed by atoms with Crippen molar-refractivity contribution in [1.29, 1.82) is 0 Å². The second-order valence-electron chi connectivity index (χ2n) is 4.53. The number of aryl methyl sites for hydroxylation is 1. The zero-order valence-corrected chi connectivity index (χ0v) is 13.4. The number of imidazole rings is 1. The molecule has 6 heteroatoms. The number of ether oxygens (including phenoxy) is 1. The van der Waals surface area contributed by atoms with E-state index in [4.69, 9.17) is 10.5 Å². The molecular weight excluding hydrogens is 338 g/mol. The molecule has 0 radical (unpaired) electrons. The van der Waals surface area contributed by atoms with Gasteiger partial charge >= 0.3 is 0 Å². The number of aromatic nitrogens is 2. The van der Waals surface area contributed by atoms with Gasteiger partial charge in [0.2, 0.25) is 0 Å². The number of nitrogens with two attached hydrogens (primary N) is 1. The molecule has 2 heterocycles. The van der Waals surface area contributed by atoms with Crippen LogP contribution in [0.4, 0.5) is 0 Å². The second-order valence-corrected chi connectivity index (χ2v) is 6.32. The van der Waals surface area contributed by atoms with Gasteiger partial charge in [0.25, 0.3) is 0 Å². The minimum atomic E-state index is 0.448. The van der Waals surface area contributed by atoms with Gasteiger partial charge in [-0.2, -0.15) is 0 Å². The number of hydrogen-bond donors (Lipinski definition) is 1. The maximum atomic E-state index is 5.93. The molecule has 0 fully saturated rings. The predicted octanol–water partition coefficient (Wildman–Crippen LogP) is 3.50. The average molecular weight is 352 g/mol. The van der Waals surface area contributed by atoms with Crippen LogP contribution < -0.4 is 10.5 Å². The normalized spacial score (nSPS) is 11.2. The largest absolute Gasteiger partial charge is 0.487 e. The first-order chi connectivity index (χ1) is 9.67. The summed E-state index contributed by atoms with van der Waals surface area (Å²) in [6.45, 7) is 2.92. The molecule has 2 aromatic heterocycles. The highest BCUT2D eigenvalue weighted by atomic mass is 79.9. The summed E-state index contributed by atoms with van der Waals surface area (Å²) in [6, 6.07) is 4.02. The van der Waals surface area contributed by atoms with Crippen LogP contribution in [0.2, 0.25) is 0 Å². The van der Waals surface area contributed by atoms with Crippen LogP contribution in [0, 0.1) is 6.92 Å². The number of nitrogens with zero attached hydrogens (tertiary/aromatic N) is 2. The van der Waals surface area contributed by atoms with Crippen molar-refractivity contribution in [3.05, 3.63) is 51.2 Å². The summed E-state index contributed by atoms with van der Waals surface area (Å²) < 4.78 is 8.95. The van der Waals surface area contributed by atoms with E-state index in [1.165, 1.54) is 0 Å². The van der Waals surface area contributed by atoms with Crippen molar-refractivity contribution in [3.8, 4) is 5.75 Å². The Balaban J connectivity index is 1.82. The third kappa shape index (κ3) is 2.59. The third-order valence-electron chi connectivity index (χ3n) is 3.04. The Hall–Kier alpha value is -1.37. The molecule has 0 spiro atoms. The molecule has 0 saturated heterocycles. The Bertz CT molecular complexity index is 722. The molecule has 20 heavy (non-hydrogen) atoms. The number of rotatable bonds is 4. The van der Waals surface area contributed by atoms with Crippen LogP contribution in [-0.2, 0) is 13.2 Å². The number of fused-ring (bicyclic) bond motifs is 1. The molecule has 0 atom stereocenters. The summed E-state index contributed by atoms with van der Waals surface area (Å²) in [6.07, 6.45) is 3.98. The minimum absolute atomic E-state index is 0.448.